The minimum atomic E-state index is 0.793. The first-order valence-electron chi connectivity index (χ1n) is 6.15. The molecule has 0 N–H and O–H groups in total. The molecule has 18 heavy (non-hydrogen) atoms. The van der Waals surface area contributed by atoms with E-state index in [2.05, 4.69) is 46.9 Å². The minimum absolute atomic E-state index is 0.793. The van der Waals surface area contributed by atoms with E-state index in [4.69, 9.17) is 0 Å². The molecule has 0 unspecified atom stereocenters. The van der Waals surface area contributed by atoms with Crippen molar-refractivity contribution in [1.29, 1.82) is 0 Å². The van der Waals surface area contributed by atoms with E-state index in [-0.39, 0.29) is 0 Å². The average Bonchev–Trinajstić information content (AvgIpc) is 2.75. The molecular weight excluding hydrogens is 292 g/mol. The summed E-state index contributed by atoms with van der Waals surface area (Å²) in [5, 5.41) is 9.95. The van der Waals surface area contributed by atoms with Crippen LogP contribution < -0.4 is 0 Å². The van der Waals surface area contributed by atoms with Crippen molar-refractivity contribution in [3.05, 3.63) is 28.2 Å². The standard InChI is InChI=1S/C13H19BrN4/c1-6-11-8(2)16-18(10(11)4)13-12(7-14)9(3)15-17(13)5/h6-7H2,1-5H3. The third kappa shape index (κ3) is 1.90. The van der Waals surface area contributed by atoms with Gasteiger partial charge in [0.25, 0.3) is 0 Å². The van der Waals surface area contributed by atoms with Crippen LogP contribution in [0.5, 0.6) is 0 Å². The molecular formula is C13H19BrN4. The van der Waals surface area contributed by atoms with Crippen LogP contribution in [0.1, 0.15) is 35.1 Å². The van der Waals surface area contributed by atoms with Crippen molar-refractivity contribution in [2.45, 2.75) is 39.4 Å². The van der Waals surface area contributed by atoms with E-state index >= 15 is 0 Å². The summed E-state index contributed by atoms with van der Waals surface area (Å²) in [6.45, 7) is 8.40. The molecule has 0 aliphatic carbocycles. The summed E-state index contributed by atoms with van der Waals surface area (Å²) in [6, 6.07) is 0. The smallest absolute Gasteiger partial charge is 0.156 e. The molecule has 0 saturated carbocycles. The van der Waals surface area contributed by atoms with E-state index in [1.807, 2.05) is 23.3 Å². The normalized spacial score (nSPS) is 11.2. The highest BCUT2D eigenvalue weighted by molar-refractivity contribution is 9.08. The Labute approximate surface area is 116 Å². The highest BCUT2D eigenvalue weighted by Crippen LogP contribution is 2.24. The lowest BCUT2D eigenvalue weighted by molar-refractivity contribution is 0.680. The summed E-state index contributed by atoms with van der Waals surface area (Å²) in [5.74, 6) is 1.06. The molecule has 2 heterocycles. The molecule has 0 aliphatic rings. The van der Waals surface area contributed by atoms with Crippen molar-refractivity contribution in [3.8, 4) is 5.82 Å². The van der Waals surface area contributed by atoms with Gasteiger partial charge < -0.3 is 0 Å². The van der Waals surface area contributed by atoms with Crippen molar-refractivity contribution in [3.63, 3.8) is 0 Å². The fraction of sp³-hybridized carbons (Fsp3) is 0.538. The highest BCUT2D eigenvalue weighted by atomic mass is 79.9. The Morgan fingerprint density at radius 3 is 2.17 bits per heavy atom. The van der Waals surface area contributed by atoms with Gasteiger partial charge in [0, 0.05) is 23.6 Å². The molecule has 5 heteroatoms. The maximum atomic E-state index is 4.67. The van der Waals surface area contributed by atoms with Gasteiger partial charge in [0.1, 0.15) is 0 Å². The predicted octanol–water partition coefficient (Wildman–Crippen LogP) is 2.99. The maximum Gasteiger partial charge on any atom is 0.156 e. The Hall–Kier alpha value is -1.10. The van der Waals surface area contributed by atoms with E-state index in [1.165, 1.54) is 16.8 Å². The Balaban J connectivity index is 2.69. The molecule has 2 rings (SSSR count). The molecule has 2 aromatic rings. The lowest BCUT2D eigenvalue weighted by Crippen LogP contribution is -2.08. The molecule has 0 bridgehead atoms. The van der Waals surface area contributed by atoms with Gasteiger partial charge in [-0.25, -0.2) is 4.68 Å². The second kappa shape index (κ2) is 4.88. The maximum absolute atomic E-state index is 4.67. The van der Waals surface area contributed by atoms with E-state index in [1.54, 1.807) is 0 Å². The Morgan fingerprint density at radius 2 is 1.67 bits per heavy atom. The van der Waals surface area contributed by atoms with Crippen LogP contribution in [0.2, 0.25) is 0 Å². The fourth-order valence-electron chi connectivity index (χ4n) is 2.50. The van der Waals surface area contributed by atoms with Crippen molar-refractivity contribution in [2.75, 3.05) is 0 Å². The summed E-state index contributed by atoms with van der Waals surface area (Å²) < 4.78 is 3.93. The van der Waals surface area contributed by atoms with Crippen molar-refractivity contribution < 1.29 is 0 Å². The van der Waals surface area contributed by atoms with Crippen molar-refractivity contribution >= 4 is 15.9 Å². The second-order valence-corrected chi connectivity index (χ2v) is 5.12. The van der Waals surface area contributed by atoms with Gasteiger partial charge >= 0.3 is 0 Å². The average molecular weight is 311 g/mol. The topological polar surface area (TPSA) is 35.6 Å². The summed E-state index contributed by atoms with van der Waals surface area (Å²) in [6.07, 6.45) is 1.01. The van der Waals surface area contributed by atoms with Crippen LogP contribution in [0.4, 0.5) is 0 Å². The van der Waals surface area contributed by atoms with Gasteiger partial charge in [0.15, 0.2) is 5.82 Å². The Bertz CT molecular complexity index is 580. The van der Waals surface area contributed by atoms with Gasteiger partial charge in [-0.15, -0.1) is 0 Å². The predicted molar refractivity (Wildman–Crippen MR) is 76.6 cm³/mol. The summed E-state index contributed by atoms with van der Waals surface area (Å²) in [5.41, 5.74) is 5.89. The summed E-state index contributed by atoms with van der Waals surface area (Å²) in [4.78, 5) is 0. The molecule has 0 aromatic carbocycles. The minimum Gasteiger partial charge on any atom is -0.250 e. The quantitative estimate of drug-likeness (QED) is 0.817. The first-order valence-corrected chi connectivity index (χ1v) is 7.27. The highest BCUT2D eigenvalue weighted by Gasteiger charge is 2.19. The van der Waals surface area contributed by atoms with Crippen LogP contribution in [-0.4, -0.2) is 19.6 Å². The van der Waals surface area contributed by atoms with Gasteiger partial charge in [-0.2, -0.15) is 10.2 Å². The van der Waals surface area contributed by atoms with Crippen LogP contribution in [0.3, 0.4) is 0 Å². The number of aryl methyl sites for hydroxylation is 3. The number of halogens is 1. The molecule has 4 nitrogen and oxygen atoms in total. The van der Waals surface area contributed by atoms with Gasteiger partial charge in [-0.1, -0.05) is 22.9 Å². The molecule has 0 atom stereocenters. The summed E-state index contributed by atoms with van der Waals surface area (Å²) in [7, 11) is 1.97. The first-order chi connectivity index (χ1) is 8.51. The third-order valence-electron chi connectivity index (χ3n) is 3.44. The Morgan fingerprint density at radius 1 is 1.06 bits per heavy atom. The molecule has 0 amide bonds. The van der Waals surface area contributed by atoms with Crippen molar-refractivity contribution in [2.24, 2.45) is 7.05 Å². The Kier molecular flexibility index (Phi) is 3.61. The number of aromatic nitrogens is 4. The molecule has 0 saturated heterocycles. The third-order valence-corrected chi connectivity index (χ3v) is 4.00. The molecule has 0 aliphatic heterocycles. The molecule has 0 spiro atoms. The van der Waals surface area contributed by atoms with Crippen molar-refractivity contribution in [1.82, 2.24) is 19.6 Å². The lowest BCUT2D eigenvalue weighted by Gasteiger charge is -2.07. The van der Waals surface area contributed by atoms with Gasteiger partial charge in [0.2, 0.25) is 0 Å². The van der Waals surface area contributed by atoms with Crippen LogP contribution in [0.25, 0.3) is 5.82 Å². The van der Waals surface area contributed by atoms with E-state index < -0.39 is 0 Å². The fourth-order valence-corrected chi connectivity index (χ4v) is 3.16. The molecule has 0 fully saturated rings. The van der Waals surface area contributed by atoms with Gasteiger partial charge in [-0.3, -0.25) is 4.68 Å². The van der Waals surface area contributed by atoms with Gasteiger partial charge in [-0.05, 0) is 32.8 Å². The lowest BCUT2D eigenvalue weighted by atomic mass is 10.1. The van der Waals surface area contributed by atoms with E-state index in [0.717, 1.165) is 29.0 Å². The number of hydrogen-bond acceptors (Lipinski definition) is 2. The number of rotatable bonds is 3. The van der Waals surface area contributed by atoms with E-state index in [0.29, 0.717) is 0 Å². The monoisotopic (exact) mass is 310 g/mol. The van der Waals surface area contributed by atoms with Crippen LogP contribution in [-0.2, 0) is 18.8 Å². The van der Waals surface area contributed by atoms with E-state index in [9.17, 15) is 0 Å². The molecule has 2 aromatic heterocycles. The zero-order chi connectivity index (χ0) is 13.4. The number of nitrogens with zero attached hydrogens (tertiary/aromatic N) is 4. The summed E-state index contributed by atoms with van der Waals surface area (Å²) >= 11 is 3.54. The number of alkyl halides is 1. The number of hydrogen-bond donors (Lipinski definition) is 0. The van der Waals surface area contributed by atoms with Crippen LogP contribution in [0.15, 0.2) is 0 Å². The zero-order valence-electron chi connectivity index (χ0n) is 11.6. The van der Waals surface area contributed by atoms with Crippen LogP contribution in [0, 0.1) is 20.8 Å². The zero-order valence-corrected chi connectivity index (χ0v) is 13.2. The van der Waals surface area contributed by atoms with Gasteiger partial charge in [0.05, 0.1) is 11.4 Å². The molecule has 98 valence electrons. The first kappa shape index (κ1) is 13.3. The SMILES string of the molecule is CCc1c(C)nn(-c2c(CBr)c(C)nn2C)c1C. The van der Waals surface area contributed by atoms with Crippen LogP contribution >= 0.6 is 15.9 Å². The molecule has 0 radical (unpaired) electrons. The second-order valence-electron chi connectivity index (χ2n) is 4.56. The largest absolute Gasteiger partial charge is 0.250 e.